The topological polar surface area (TPSA) is 163 Å². The summed E-state index contributed by atoms with van der Waals surface area (Å²) in [5, 5.41) is 5.78. The summed E-state index contributed by atoms with van der Waals surface area (Å²) < 4.78 is 33.3. The van der Waals surface area contributed by atoms with Crippen molar-refractivity contribution in [3.8, 4) is 0 Å². The molecule has 0 saturated carbocycles. The van der Waals surface area contributed by atoms with Gasteiger partial charge in [-0.2, -0.15) is 0 Å². The zero-order chi connectivity index (χ0) is 35.5. The molecule has 1 saturated heterocycles. The number of benzene rings is 1. The second-order valence-electron chi connectivity index (χ2n) is 14.3. The van der Waals surface area contributed by atoms with Crippen molar-refractivity contribution in [2.75, 3.05) is 37.3 Å². The third-order valence-electron chi connectivity index (χ3n) is 9.24. The minimum Gasteiger partial charge on any atom is -0.444 e. The van der Waals surface area contributed by atoms with Crippen LogP contribution in [0.25, 0.3) is 0 Å². The monoisotopic (exact) mass is 690 g/mol. The van der Waals surface area contributed by atoms with Crippen LogP contribution in [0.2, 0.25) is 0 Å². The molecule has 2 heterocycles. The Labute approximate surface area is 287 Å². The molecule has 0 unspecified atom stereocenters. The van der Waals surface area contributed by atoms with E-state index in [1.165, 1.54) is 28.5 Å². The molecule has 0 aromatic heterocycles. The second kappa shape index (κ2) is 17.5. The summed E-state index contributed by atoms with van der Waals surface area (Å²) in [4.78, 5) is 42.3. The lowest BCUT2D eigenvalue weighted by molar-refractivity contribution is -0.124. The molecule has 2 aliphatic heterocycles. The second-order valence-corrected chi connectivity index (χ2v) is 16.4. The summed E-state index contributed by atoms with van der Waals surface area (Å²) in [6.07, 6.45) is 11.5. The number of hydrogen-bond donors (Lipinski definition) is 3. The van der Waals surface area contributed by atoms with Crippen molar-refractivity contribution in [3.63, 3.8) is 0 Å². The van der Waals surface area contributed by atoms with Crippen LogP contribution in [0.4, 0.5) is 15.3 Å². The smallest absolute Gasteiger partial charge is 0.407 e. The maximum Gasteiger partial charge on any atom is 0.407 e. The molecule has 1 aromatic carbocycles. The lowest BCUT2D eigenvalue weighted by atomic mass is 9.89. The molecule has 12 nitrogen and oxygen atoms in total. The van der Waals surface area contributed by atoms with Gasteiger partial charge in [-0.05, 0) is 95.5 Å². The highest BCUT2D eigenvalue weighted by Crippen LogP contribution is 2.32. The zero-order valence-corrected chi connectivity index (χ0v) is 30.8. The van der Waals surface area contributed by atoms with Crippen LogP contribution in [-0.2, 0) is 26.0 Å². The van der Waals surface area contributed by atoms with Crippen LogP contribution in [0.5, 0.6) is 0 Å². The third-order valence-corrected chi connectivity index (χ3v) is 11.1. The molecule has 13 heteroatoms. The molecule has 1 aromatic rings. The predicted molar refractivity (Wildman–Crippen MR) is 191 cm³/mol. The van der Waals surface area contributed by atoms with Crippen molar-refractivity contribution in [2.45, 2.75) is 129 Å². The number of amidine groups is 1. The van der Waals surface area contributed by atoms with E-state index in [0.29, 0.717) is 31.5 Å². The van der Waals surface area contributed by atoms with E-state index < -0.39 is 27.2 Å². The van der Waals surface area contributed by atoms with Gasteiger partial charge in [-0.25, -0.2) is 22.3 Å². The molecule has 4 amide bonds. The van der Waals surface area contributed by atoms with Gasteiger partial charge in [-0.15, -0.1) is 0 Å². The minimum atomic E-state index is -3.53. The normalized spacial score (nSPS) is 16.5. The Morgan fingerprint density at radius 2 is 1.52 bits per heavy atom. The lowest BCUT2D eigenvalue weighted by Gasteiger charge is -2.34. The van der Waals surface area contributed by atoms with Gasteiger partial charge in [0.1, 0.15) is 17.0 Å². The number of rotatable bonds is 17. The summed E-state index contributed by atoms with van der Waals surface area (Å²) in [5.41, 5.74) is 7.50. The maximum atomic E-state index is 13.3. The first-order valence-electron chi connectivity index (χ1n) is 17.5. The molecule has 4 N–H and O–H groups in total. The number of aliphatic imine (C=N–C) groups is 1. The number of piperidine rings is 1. The molecule has 0 aliphatic carbocycles. The number of nitrogens with two attached hydrogens (primary N) is 1. The Kier molecular flexibility index (Phi) is 14.3. The first kappa shape index (κ1) is 39.3. The molecule has 2 aliphatic rings. The van der Waals surface area contributed by atoms with Crippen LogP contribution in [0.3, 0.4) is 0 Å². The highest BCUT2D eigenvalue weighted by molar-refractivity contribution is 7.89. The van der Waals surface area contributed by atoms with Crippen molar-refractivity contribution >= 4 is 39.6 Å². The van der Waals surface area contributed by atoms with Gasteiger partial charge < -0.3 is 21.1 Å². The van der Waals surface area contributed by atoms with Crippen molar-refractivity contribution in [3.05, 3.63) is 28.8 Å². The highest BCUT2D eigenvalue weighted by atomic mass is 32.2. The van der Waals surface area contributed by atoms with Crippen LogP contribution < -0.4 is 21.3 Å². The Balaban J connectivity index is 1.32. The summed E-state index contributed by atoms with van der Waals surface area (Å²) in [6.45, 7) is 10.6. The van der Waals surface area contributed by atoms with E-state index in [2.05, 4.69) is 10.6 Å². The molecular weight excluding hydrogens is 632 g/mol. The number of sulfonamides is 1. The third kappa shape index (κ3) is 11.7. The van der Waals surface area contributed by atoms with Crippen LogP contribution in [0.15, 0.2) is 17.1 Å². The number of unbranched alkanes of at least 4 members (excludes halogenated alkanes) is 8. The predicted octanol–water partition coefficient (Wildman–Crippen LogP) is 5.48. The number of ether oxygens (including phenoxy) is 1. The van der Waals surface area contributed by atoms with E-state index in [-0.39, 0.29) is 30.8 Å². The molecule has 270 valence electrons. The number of urea groups is 1. The van der Waals surface area contributed by atoms with E-state index in [9.17, 15) is 22.8 Å². The molecule has 0 atom stereocenters. The highest BCUT2D eigenvalue weighted by Gasteiger charge is 2.47. The first-order chi connectivity index (χ1) is 22.5. The van der Waals surface area contributed by atoms with Crippen LogP contribution in [0, 0.1) is 13.8 Å². The van der Waals surface area contributed by atoms with Crippen molar-refractivity contribution < 1.29 is 27.5 Å². The molecule has 0 radical (unpaired) electrons. The number of anilines is 1. The fourth-order valence-electron chi connectivity index (χ4n) is 6.38. The fraction of sp³-hybridized carbons (Fsp3) is 0.714. The Bertz CT molecular complexity index is 1390. The summed E-state index contributed by atoms with van der Waals surface area (Å²) >= 11 is 0. The molecule has 1 fully saturated rings. The first-order valence-corrected chi connectivity index (χ1v) is 19.1. The fourth-order valence-corrected chi connectivity index (χ4v) is 7.84. The van der Waals surface area contributed by atoms with Gasteiger partial charge in [0.15, 0.2) is 0 Å². The Morgan fingerprint density at radius 3 is 2.06 bits per heavy atom. The van der Waals surface area contributed by atoms with Gasteiger partial charge in [0.25, 0.3) is 5.91 Å². The molecule has 0 bridgehead atoms. The van der Waals surface area contributed by atoms with Gasteiger partial charge in [0.05, 0.1) is 5.75 Å². The summed E-state index contributed by atoms with van der Waals surface area (Å²) in [6, 6.07) is 3.14. The van der Waals surface area contributed by atoms with Gasteiger partial charge in [-0.3, -0.25) is 14.7 Å². The number of amides is 4. The number of alkyl carbamates (subject to hydrolysis) is 1. The standard InChI is InChI=1S/C35H58N6O6S/c1-26-24-28(40(6)32(36)43)25-27(2)29(26)17-23-48(45,46)41-21-18-35(19-22-41)31(42)38-30(39-35)16-14-12-10-8-7-9-11-13-15-20-37-33(44)47-34(3,4)5/h24-25H,7-23H2,1-6H3,(H2,36,43)(H,37,44)(H,38,39,42). The quantitative estimate of drug-likeness (QED) is 0.183. The van der Waals surface area contributed by atoms with E-state index >= 15 is 0 Å². The number of carbonyl (C=O) groups excluding carboxylic acids is 3. The average molecular weight is 691 g/mol. The van der Waals surface area contributed by atoms with Crippen molar-refractivity contribution in [1.82, 2.24) is 14.9 Å². The number of primary amides is 1. The van der Waals surface area contributed by atoms with E-state index in [4.69, 9.17) is 15.5 Å². The Hall–Kier alpha value is -3.19. The molecular formula is C35H58N6O6S. The average Bonchev–Trinajstić information content (AvgIpc) is 3.29. The van der Waals surface area contributed by atoms with E-state index in [0.717, 1.165) is 67.5 Å². The molecule has 48 heavy (non-hydrogen) atoms. The number of nitrogens with one attached hydrogen (secondary N) is 2. The number of carbonyl (C=O) groups is 3. The zero-order valence-electron chi connectivity index (χ0n) is 30.0. The van der Waals surface area contributed by atoms with Crippen molar-refractivity contribution in [1.29, 1.82) is 0 Å². The minimum absolute atomic E-state index is 0.0271. The van der Waals surface area contributed by atoms with Crippen LogP contribution in [0.1, 0.15) is 115 Å². The van der Waals surface area contributed by atoms with Gasteiger partial charge in [0.2, 0.25) is 10.0 Å². The van der Waals surface area contributed by atoms with E-state index in [1.807, 2.05) is 46.8 Å². The van der Waals surface area contributed by atoms with Gasteiger partial charge in [0, 0.05) is 38.8 Å². The van der Waals surface area contributed by atoms with Gasteiger partial charge >= 0.3 is 12.1 Å². The molecule has 1 spiro atoms. The number of nitrogens with zero attached hydrogens (tertiary/aromatic N) is 3. The summed E-state index contributed by atoms with van der Waals surface area (Å²) in [7, 11) is -1.92. The number of hydrogen-bond acceptors (Lipinski definition) is 7. The number of aryl methyl sites for hydroxylation is 2. The van der Waals surface area contributed by atoms with Crippen molar-refractivity contribution in [2.24, 2.45) is 10.7 Å². The molecule has 3 rings (SSSR count). The summed E-state index contributed by atoms with van der Waals surface area (Å²) in [5.74, 6) is 0.594. The SMILES string of the molecule is Cc1cc(N(C)C(N)=O)cc(C)c1CCS(=O)(=O)N1CCC2(CC1)N=C(CCCCCCCCCCCNC(=O)OC(C)(C)C)NC2=O. The Morgan fingerprint density at radius 1 is 0.979 bits per heavy atom. The van der Waals surface area contributed by atoms with Crippen LogP contribution >= 0.6 is 0 Å². The van der Waals surface area contributed by atoms with E-state index in [1.54, 1.807) is 7.05 Å². The van der Waals surface area contributed by atoms with Gasteiger partial charge in [-0.1, -0.05) is 44.9 Å². The maximum absolute atomic E-state index is 13.3. The van der Waals surface area contributed by atoms with Crippen LogP contribution in [-0.4, -0.2) is 80.2 Å². The largest absolute Gasteiger partial charge is 0.444 e. The lowest BCUT2D eigenvalue weighted by Crippen LogP contribution is -2.50.